The van der Waals surface area contributed by atoms with Gasteiger partial charge in [-0.15, -0.1) is 0 Å². The van der Waals surface area contributed by atoms with Crippen molar-refractivity contribution in [2.75, 3.05) is 0 Å². The van der Waals surface area contributed by atoms with Crippen LogP contribution in [0.2, 0.25) is 0 Å². The van der Waals surface area contributed by atoms with E-state index in [1.165, 1.54) is 0 Å². The normalized spacial score (nSPS) is 11.1. The molecule has 0 bridgehead atoms. The number of imidazole rings is 1. The Labute approximate surface area is 121 Å². The molecule has 3 heterocycles. The standard InChI is InChI=1S/C17H13N3O/c1-12-6-2-3-8-14(12)20-16-13(7-4-10-18-16)19-17(20)15-9-5-11-21-15/h2-11H,1H3. The molecule has 102 valence electrons. The van der Waals surface area contributed by atoms with Gasteiger partial charge in [0.05, 0.1) is 12.0 Å². The summed E-state index contributed by atoms with van der Waals surface area (Å²) in [6, 6.07) is 15.8. The molecule has 4 heteroatoms. The largest absolute Gasteiger partial charge is 0.461 e. The van der Waals surface area contributed by atoms with Crippen LogP contribution in [0.3, 0.4) is 0 Å². The third-order valence-electron chi connectivity index (χ3n) is 3.51. The molecule has 0 saturated carbocycles. The van der Waals surface area contributed by atoms with E-state index in [9.17, 15) is 0 Å². The highest BCUT2D eigenvalue weighted by Crippen LogP contribution is 2.28. The van der Waals surface area contributed by atoms with E-state index in [4.69, 9.17) is 4.42 Å². The van der Waals surface area contributed by atoms with Gasteiger partial charge < -0.3 is 4.42 Å². The summed E-state index contributed by atoms with van der Waals surface area (Å²) in [5, 5.41) is 0. The zero-order valence-corrected chi connectivity index (χ0v) is 11.5. The Morgan fingerprint density at radius 3 is 2.71 bits per heavy atom. The maximum Gasteiger partial charge on any atom is 0.183 e. The van der Waals surface area contributed by atoms with Crippen LogP contribution < -0.4 is 0 Å². The van der Waals surface area contributed by atoms with E-state index in [1.54, 1.807) is 12.5 Å². The molecule has 0 atom stereocenters. The van der Waals surface area contributed by atoms with E-state index < -0.39 is 0 Å². The zero-order chi connectivity index (χ0) is 14.2. The molecule has 0 fully saturated rings. The van der Waals surface area contributed by atoms with Crippen molar-refractivity contribution in [3.05, 3.63) is 66.6 Å². The number of rotatable bonds is 2. The van der Waals surface area contributed by atoms with Crippen LogP contribution in [0.5, 0.6) is 0 Å². The Morgan fingerprint density at radius 2 is 1.90 bits per heavy atom. The molecule has 0 unspecified atom stereocenters. The average molecular weight is 275 g/mol. The number of aryl methyl sites for hydroxylation is 1. The minimum Gasteiger partial charge on any atom is -0.461 e. The number of furan rings is 1. The van der Waals surface area contributed by atoms with Crippen molar-refractivity contribution in [2.45, 2.75) is 6.92 Å². The first-order valence-electron chi connectivity index (χ1n) is 6.78. The number of benzene rings is 1. The third kappa shape index (κ3) is 1.84. The molecule has 0 N–H and O–H groups in total. The quantitative estimate of drug-likeness (QED) is 0.555. The van der Waals surface area contributed by atoms with Crippen molar-refractivity contribution in [1.29, 1.82) is 0 Å². The van der Waals surface area contributed by atoms with Gasteiger partial charge in [0, 0.05) is 6.20 Å². The van der Waals surface area contributed by atoms with Crippen molar-refractivity contribution >= 4 is 11.2 Å². The van der Waals surface area contributed by atoms with Gasteiger partial charge in [-0.1, -0.05) is 18.2 Å². The van der Waals surface area contributed by atoms with Crippen molar-refractivity contribution in [1.82, 2.24) is 14.5 Å². The van der Waals surface area contributed by atoms with Crippen molar-refractivity contribution in [2.24, 2.45) is 0 Å². The first-order valence-corrected chi connectivity index (χ1v) is 6.78. The maximum absolute atomic E-state index is 5.54. The zero-order valence-electron chi connectivity index (χ0n) is 11.5. The van der Waals surface area contributed by atoms with Gasteiger partial charge in [0.25, 0.3) is 0 Å². The van der Waals surface area contributed by atoms with Crippen LogP contribution in [0.1, 0.15) is 5.56 Å². The van der Waals surface area contributed by atoms with E-state index in [0.29, 0.717) is 0 Å². The van der Waals surface area contributed by atoms with E-state index in [1.807, 2.05) is 41.0 Å². The predicted octanol–water partition coefficient (Wildman–Crippen LogP) is 3.99. The van der Waals surface area contributed by atoms with E-state index in [0.717, 1.165) is 34.0 Å². The summed E-state index contributed by atoms with van der Waals surface area (Å²) in [5.41, 5.74) is 3.91. The molecule has 0 aliphatic carbocycles. The molecule has 0 amide bonds. The van der Waals surface area contributed by atoms with Gasteiger partial charge in [0.1, 0.15) is 5.52 Å². The van der Waals surface area contributed by atoms with E-state index in [-0.39, 0.29) is 0 Å². The number of nitrogens with zero attached hydrogens (tertiary/aromatic N) is 3. The molecule has 4 aromatic rings. The summed E-state index contributed by atoms with van der Waals surface area (Å²) < 4.78 is 7.59. The lowest BCUT2D eigenvalue weighted by Crippen LogP contribution is -2.00. The second-order valence-corrected chi connectivity index (χ2v) is 4.88. The molecular formula is C17H13N3O. The molecule has 4 nitrogen and oxygen atoms in total. The second kappa shape index (κ2) is 4.59. The first-order chi connectivity index (χ1) is 10.3. The second-order valence-electron chi connectivity index (χ2n) is 4.88. The van der Waals surface area contributed by atoms with E-state index in [2.05, 4.69) is 29.0 Å². The SMILES string of the molecule is Cc1ccccc1-n1c(-c2ccco2)nc2cccnc21. The highest BCUT2D eigenvalue weighted by atomic mass is 16.3. The molecule has 4 rings (SSSR count). The highest BCUT2D eigenvalue weighted by Gasteiger charge is 2.17. The molecular weight excluding hydrogens is 262 g/mol. The summed E-state index contributed by atoms with van der Waals surface area (Å²) >= 11 is 0. The lowest BCUT2D eigenvalue weighted by molar-refractivity contribution is 0.576. The molecule has 3 aromatic heterocycles. The molecule has 0 radical (unpaired) electrons. The summed E-state index contributed by atoms with van der Waals surface area (Å²) in [7, 11) is 0. The van der Waals surface area contributed by atoms with Crippen LogP contribution in [0.25, 0.3) is 28.4 Å². The van der Waals surface area contributed by atoms with Crippen molar-refractivity contribution in [3.63, 3.8) is 0 Å². The summed E-state index contributed by atoms with van der Waals surface area (Å²) in [5.74, 6) is 1.50. The number of hydrogen-bond acceptors (Lipinski definition) is 3. The fourth-order valence-electron chi connectivity index (χ4n) is 2.53. The number of aromatic nitrogens is 3. The first kappa shape index (κ1) is 11.9. The van der Waals surface area contributed by atoms with Gasteiger partial charge in [0.15, 0.2) is 17.2 Å². The lowest BCUT2D eigenvalue weighted by atomic mass is 10.2. The molecule has 21 heavy (non-hydrogen) atoms. The van der Waals surface area contributed by atoms with E-state index >= 15 is 0 Å². The number of para-hydroxylation sites is 1. The van der Waals surface area contributed by atoms with Crippen LogP contribution in [-0.4, -0.2) is 14.5 Å². The topological polar surface area (TPSA) is 43.9 Å². The molecule has 0 aliphatic heterocycles. The Balaban J connectivity index is 2.11. The van der Waals surface area contributed by atoms with Crippen LogP contribution >= 0.6 is 0 Å². The van der Waals surface area contributed by atoms with Gasteiger partial charge in [0.2, 0.25) is 0 Å². The summed E-state index contributed by atoms with van der Waals surface area (Å²) in [6.45, 7) is 2.08. The van der Waals surface area contributed by atoms with Crippen molar-refractivity contribution in [3.8, 4) is 17.3 Å². The molecule has 0 saturated heterocycles. The minimum atomic E-state index is 0.733. The Bertz CT molecular complexity index is 907. The van der Waals surface area contributed by atoms with Crippen LogP contribution in [0.4, 0.5) is 0 Å². The van der Waals surface area contributed by atoms with Crippen LogP contribution in [-0.2, 0) is 0 Å². The van der Waals surface area contributed by atoms with Crippen molar-refractivity contribution < 1.29 is 4.42 Å². The number of hydrogen-bond donors (Lipinski definition) is 0. The van der Waals surface area contributed by atoms with Crippen LogP contribution in [0, 0.1) is 6.92 Å². The lowest BCUT2D eigenvalue weighted by Gasteiger charge is -2.10. The Morgan fingerprint density at radius 1 is 1.00 bits per heavy atom. The Kier molecular flexibility index (Phi) is 2.60. The minimum absolute atomic E-state index is 0.733. The maximum atomic E-state index is 5.54. The van der Waals surface area contributed by atoms with Gasteiger partial charge in [-0.3, -0.25) is 4.57 Å². The fourth-order valence-corrected chi connectivity index (χ4v) is 2.53. The number of fused-ring (bicyclic) bond motifs is 1. The van der Waals surface area contributed by atoms with Gasteiger partial charge in [-0.2, -0.15) is 0 Å². The fraction of sp³-hybridized carbons (Fsp3) is 0.0588. The summed E-state index contributed by atoms with van der Waals surface area (Å²) in [6.07, 6.45) is 3.44. The third-order valence-corrected chi connectivity index (χ3v) is 3.51. The predicted molar refractivity (Wildman–Crippen MR) is 81.3 cm³/mol. The summed E-state index contributed by atoms with van der Waals surface area (Å²) in [4.78, 5) is 9.17. The number of pyridine rings is 1. The highest BCUT2D eigenvalue weighted by molar-refractivity contribution is 5.79. The monoisotopic (exact) mass is 275 g/mol. The average Bonchev–Trinajstić information content (AvgIpc) is 3.15. The van der Waals surface area contributed by atoms with Gasteiger partial charge in [-0.05, 0) is 42.8 Å². The molecule has 0 aliphatic rings. The molecule has 0 spiro atoms. The van der Waals surface area contributed by atoms with Crippen LogP contribution in [0.15, 0.2) is 65.4 Å². The smallest absolute Gasteiger partial charge is 0.183 e. The Hall–Kier alpha value is -2.88. The van der Waals surface area contributed by atoms with Gasteiger partial charge >= 0.3 is 0 Å². The van der Waals surface area contributed by atoms with Gasteiger partial charge in [-0.25, -0.2) is 9.97 Å². The molecule has 1 aromatic carbocycles.